The lowest BCUT2D eigenvalue weighted by Crippen LogP contribution is -2.31. The Labute approximate surface area is 201 Å². The fraction of sp³-hybridized carbons (Fsp3) is 0.154. The van der Waals surface area contributed by atoms with E-state index in [0.29, 0.717) is 27.7 Å². The largest absolute Gasteiger partial charge is 0.493 e. The third kappa shape index (κ3) is 4.92. The van der Waals surface area contributed by atoms with Crippen LogP contribution < -0.4 is 19.7 Å². The second kappa shape index (κ2) is 10.0. The van der Waals surface area contributed by atoms with Crippen LogP contribution in [0.3, 0.4) is 0 Å². The van der Waals surface area contributed by atoms with Crippen molar-refractivity contribution in [1.82, 2.24) is 5.32 Å². The molecule has 0 fully saturated rings. The van der Waals surface area contributed by atoms with Crippen molar-refractivity contribution in [2.24, 2.45) is 0 Å². The molecule has 1 N–H and O–H groups in total. The Morgan fingerprint density at radius 1 is 1.03 bits per heavy atom. The van der Waals surface area contributed by atoms with Crippen LogP contribution in [0.1, 0.15) is 21.5 Å². The van der Waals surface area contributed by atoms with E-state index in [4.69, 9.17) is 9.47 Å². The van der Waals surface area contributed by atoms with Crippen LogP contribution in [0.25, 0.3) is 6.08 Å². The Kier molecular flexibility index (Phi) is 6.88. The number of amides is 2. The zero-order valence-corrected chi connectivity index (χ0v) is 19.7. The molecule has 1 aliphatic heterocycles. The Morgan fingerprint density at radius 2 is 1.76 bits per heavy atom. The van der Waals surface area contributed by atoms with Crippen molar-refractivity contribution in [3.05, 3.63) is 88.1 Å². The van der Waals surface area contributed by atoms with Gasteiger partial charge >= 0.3 is 0 Å². The molecule has 0 aromatic heterocycles. The number of hydrogen-bond donors (Lipinski definition) is 1. The van der Waals surface area contributed by atoms with Crippen LogP contribution in [0.2, 0.25) is 0 Å². The summed E-state index contributed by atoms with van der Waals surface area (Å²) >= 11 is 1.35. The van der Waals surface area contributed by atoms with Gasteiger partial charge in [0.15, 0.2) is 11.5 Å². The maximum absolute atomic E-state index is 13.1. The van der Waals surface area contributed by atoms with Gasteiger partial charge in [0.2, 0.25) is 0 Å². The van der Waals surface area contributed by atoms with E-state index >= 15 is 0 Å². The summed E-state index contributed by atoms with van der Waals surface area (Å²) in [5, 5.41) is 2.82. The van der Waals surface area contributed by atoms with Gasteiger partial charge in [-0.25, -0.2) is 4.39 Å². The molecule has 3 aromatic carbocycles. The number of likely N-dealkylation sites (N-methyl/N-ethyl adjacent to an activating group) is 1. The molecule has 0 spiro atoms. The molecule has 0 bridgehead atoms. The summed E-state index contributed by atoms with van der Waals surface area (Å²) in [5.41, 5.74) is 2.70. The van der Waals surface area contributed by atoms with Crippen LogP contribution in [0.4, 0.5) is 10.1 Å². The van der Waals surface area contributed by atoms with Crippen LogP contribution in [-0.2, 0) is 11.3 Å². The highest BCUT2D eigenvalue weighted by molar-refractivity contribution is 8.04. The van der Waals surface area contributed by atoms with E-state index in [9.17, 15) is 14.0 Å². The minimum Gasteiger partial charge on any atom is -0.493 e. The van der Waals surface area contributed by atoms with Crippen molar-refractivity contribution < 1.29 is 23.5 Å². The Morgan fingerprint density at radius 3 is 2.47 bits per heavy atom. The Hall–Kier alpha value is -3.78. The second-order valence-corrected chi connectivity index (χ2v) is 8.66. The highest BCUT2D eigenvalue weighted by atomic mass is 32.2. The first kappa shape index (κ1) is 23.4. The van der Waals surface area contributed by atoms with Gasteiger partial charge in [-0.2, -0.15) is 0 Å². The number of ether oxygens (including phenoxy) is 2. The zero-order valence-electron chi connectivity index (χ0n) is 18.9. The molecule has 0 aliphatic carbocycles. The first-order valence-corrected chi connectivity index (χ1v) is 11.3. The summed E-state index contributed by atoms with van der Waals surface area (Å²) in [7, 11) is 4.82. The fourth-order valence-electron chi connectivity index (χ4n) is 3.52. The van der Waals surface area contributed by atoms with E-state index in [-0.39, 0.29) is 24.2 Å². The molecule has 34 heavy (non-hydrogen) atoms. The number of benzene rings is 3. The van der Waals surface area contributed by atoms with Gasteiger partial charge in [-0.3, -0.25) is 9.59 Å². The van der Waals surface area contributed by atoms with Crippen molar-refractivity contribution in [3.63, 3.8) is 0 Å². The molecule has 2 amide bonds. The van der Waals surface area contributed by atoms with Crippen LogP contribution >= 0.6 is 11.8 Å². The number of carbonyl (C=O) groups is 2. The first-order chi connectivity index (χ1) is 16.4. The summed E-state index contributed by atoms with van der Waals surface area (Å²) in [6, 6.07) is 16.7. The summed E-state index contributed by atoms with van der Waals surface area (Å²) in [6.45, 7) is 0.276. The number of carbonyl (C=O) groups excluding carboxylic acids is 2. The van der Waals surface area contributed by atoms with Gasteiger partial charge in [-0.15, -0.1) is 0 Å². The number of thioether (sulfide) groups is 1. The average molecular weight is 479 g/mol. The van der Waals surface area contributed by atoms with Crippen LogP contribution in [0.15, 0.2) is 70.5 Å². The van der Waals surface area contributed by atoms with E-state index in [0.717, 1.165) is 16.0 Å². The predicted molar refractivity (Wildman–Crippen MR) is 131 cm³/mol. The van der Waals surface area contributed by atoms with Gasteiger partial charge in [0, 0.05) is 24.1 Å². The molecule has 6 nitrogen and oxygen atoms in total. The molecule has 3 aromatic rings. The standard InChI is InChI=1S/C26H23FN2O4S/c1-29-20-14-18(25(30)28-15-16-4-8-19(27)9-5-16)7-11-23(20)34-24(26(29)31)13-17-6-10-21(32-2)22(12-17)33-3/h4-14H,15H2,1-3H3,(H,28,30). The topological polar surface area (TPSA) is 67.9 Å². The van der Waals surface area contributed by atoms with Gasteiger partial charge < -0.3 is 19.7 Å². The van der Waals surface area contributed by atoms with Gasteiger partial charge in [-0.05, 0) is 59.7 Å². The minimum atomic E-state index is -0.325. The number of fused-ring (bicyclic) bond motifs is 1. The van der Waals surface area contributed by atoms with Crippen molar-refractivity contribution in [2.45, 2.75) is 11.4 Å². The van der Waals surface area contributed by atoms with Crippen molar-refractivity contribution >= 4 is 35.3 Å². The van der Waals surface area contributed by atoms with Crippen molar-refractivity contribution in [1.29, 1.82) is 0 Å². The summed E-state index contributed by atoms with van der Waals surface area (Å²) in [4.78, 5) is 28.6. The third-order valence-electron chi connectivity index (χ3n) is 5.39. The van der Waals surface area contributed by atoms with Gasteiger partial charge in [0.05, 0.1) is 24.8 Å². The highest BCUT2D eigenvalue weighted by Gasteiger charge is 2.27. The number of halogens is 1. The molecule has 8 heteroatoms. The molecule has 0 unspecified atom stereocenters. The quantitative estimate of drug-likeness (QED) is 0.512. The lowest BCUT2D eigenvalue weighted by molar-refractivity contribution is -0.114. The molecular formula is C26H23FN2O4S. The smallest absolute Gasteiger partial charge is 0.264 e. The average Bonchev–Trinajstić information content (AvgIpc) is 2.86. The monoisotopic (exact) mass is 478 g/mol. The van der Waals surface area contributed by atoms with Crippen LogP contribution in [0, 0.1) is 5.82 Å². The second-order valence-electron chi connectivity index (χ2n) is 7.58. The van der Waals surface area contributed by atoms with E-state index in [1.54, 1.807) is 57.7 Å². The molecule has 0 atom stereocenters. The minimum absolute atomic E-state index is 0.170. The molecule has 1 aliphatic rings. The summed E-state index contributed by atoms with van der Waals surface area (Å²) < 4.78 is 23.7. The summed E-state index contributed by atoms with van der Waals surface area (Å²) in [6.07, 6.45) is 1.80. The van der Waals surface area contributed by atoms with Gasteiger partial charge in [0.25, 0.3) is 11.8 Å². The molecule has 4 rings (SSSR count). The Bertz CT molecular complexity index is 1270. The highest BCUT2D eigenvalue weighted by Crippen LogP contribution is 2.42. The van der Waals surface area contributed by atoms with Gasteiger partial charge in [-0.1, -0.05) is 30.0 Å². The molecule has 174 valence electrons. The van der Waals surface area contributed by atoms with Crippen LogP contribution in [-0.4, -0.2) is 33.1 Å². The SMILES string of the molecule is COc1ccc(C=C2Sc3ccc(C(=O)NCc4ccc(F)cc4)cc3N(C)C2=O)cc1OC. The maximum atomic E-state index is 13.1. The van der Waals surface area contributed by atoms with Crippen molar-refractivity contribution in [2.75, 3.05) is 26.2 Å². The fourth-order valence-corrected chi connectivity index (χ4v) is 4.61. The van der Waals surface area contributed by atoms with Crippen LogP contribution in [0.5, 0.6) is 11.5 Å². The third-order valence-corrected chi connectivity index (χ3v) is 6.47. The number of nitrogens with one attached hydrogen (secondary N) is 1. The molecular weight excluding hydrogens is 455 g/mol. The lowest BCUT2D eigenvalue weighted by Gasteiger charge is -2.27. The van der Waals surface area contributed by atoms with Crippen molar-refractivity contribution in [3.8, 4) is 11.5 Å². The Balaban J connectivity index is 1.53. The number of hydrogen-bond acceptors (Lipinski definition) is 5. The maximum Gasteiger partial charge on any atom is 0.264 e. The normalized spacial score (nSPS) is 14.1. The molecule has 0 radical (unpaired) electrons. The first-order valence-electron chi connectivity index (χ1n) is 10.5. The number of rotatable bonds is 6. The molecule has 0 saturated carbocycles. The van der Waals surface area contributed by atoms with E-state index < -0.39 is 0 Å². The van der Waals surface area contributed by atoms with E-state index in [1.807, 2.05) is 18.2 Å². The lowest BCUT2D eigenvalue weighted by atomic mass is 10.1. The molecule has 1 heterocycles. The number of anilines is 1. The van der Waals surface area contributed by atoms with E-state index in [1.165, 1.54) is 28.8 Å². The molecule has 0 saturated heterocycles. The number of nitrogens with zero attached hydrogens (tertiary/aromatic N) is 1. The zero-order chi connectivity index (χ0) is 24.2. The van der Waals surface area contributed by atoms with Gasteiger partial charge in [0.1, 0.15) is 5.82 Å². The van der Waals surface area contributed by atoms with E-state index in [2.05, 4.69) is 5.32 Å². The summed E-state index contributed by atoms with van der Waals surface area (Å²) in [5.74, 6) is 0.422. The number of methoxy groups -OCH3 is 2. The predicted octanol–water partition coefficient (Wildman–Crippen LogP) is 4.88.